The Morgan fingerprint density at radius 2 is 1.83 bits per heavy atom. The van der Waals surface area contributed by atoms with Crippen LogP contribution in [0.3, 0.4) is 0 Å². The van der Waals surface area contributed by atoms with Crippen LogP contribution in [0.2, 0.25) is 5.02 Å². The van der Waals surface area contributed by atoms with Crippen molar-refractivity contribution < 1.29 is 4.79 Å². The summed E-state index contributed by atoms with van der Waals surface area (Å²) in [6, 6.07) is 14.2. The van der Waals surface area contributed by atoms with Crippen molar-refractivity contribution in [2.45, 2.75) is 26.2 Å². The van der Waals surface area contributed by atoms with E-state index < -0.39 is 0 Å². The van der Waals surface area contributed by atoms with Gasteiger partial charge >= 0.3 is 0 Å². The number of amides is 1. The number of benzene rings is 2. The summed E-state index contributed by atoms with van der Waals surface area (Å²) in [5.41, 5.74) is 4.57. The topological polar surface area (TPSA) is 67.5 Å². The molecular formula is C27H35ClN6O. The number of nitrogens with one attached hydrogen (secondary N) is 2. The van der Waals surface area contributed by atoms with E-state index >= 15 is 0 Å². The van der Waals surface area contributed by atoms with E-state index in [1.165, 1.54) is 11.3 Å². The summed E-state index contributed by atoms with van der Waals surface area (Å²) in [4.78, 5) is 28.0. The van der Waals surface area contributed by atoms with Crippen LogP contribution in [0.15, 0.2) is 42.5 Å². The molecule has 2 aliphatic heterocycles. The molecule has 0 radical (unpaired) electrons. The van der Waals surface area contributed by atoms with Crippen molar-refractivity contribution in [3.8, 4) is 0 Å². The standard InChI is InChI=1S/C27H35ClN6O/c1-20-7-8-22(28)19-25(20)33-17-15-32(16-18-33)12-4-11-29-26(35)21-9-13-34(14-10-21)27-30-23-5-2-3-6-24(23)31-27/h2-3,5-8,19,21H,4,9-18H2,1H3,(H,29,35)(H,30,31). The van der Waals surface area contributed by atoms with Crippen molar-refractivity contribution in [3.05, 3.63) is 53.1 Å². The number of aryl methyl sites for hydroxylation is 1. The molecule has 2 aromatic carbocycles. The highest BCUT2D eigenvalue weighted by atomic mass is 35.5. The number of aromatic nitrogens is 2. The molecule has 0 atom stereocenters. The van der Waals surface area contributed by atoms with Crippen LogP contribution in [0.5, 0.6) is 0 Å². The molecule has 8 heteroatoms. The van der Waals surface area contributed by atoms with Crippen LogP contribution in [0.25, 0.3) is 11.0 Å². The number of anilines is 2. The fraction of sp³-hybridized carbons (Fsp3) is 0.481. The fourth-order valence-corrected chi connectivity index (χ4v) is 5.40. The first-order chi connectivity index (χ1) is 17.1. The van der Waals surface area contributed by atoms with E-state index in [9.17, 15) is 4.79 Å². The van der Waals surface area contributed by atoms with Crippen LogP contribution >= 0.6 is 11.6 Å². The first-order valence-corrected chi connectivity index (χ1v) is 13.2. The highest BCUT2D eigenvalue weighted by Crippen LogP contribution is 2.26. The van der Waals surface area contributed by atoms with Crippen molar-refractivity contribution in [1.29, 1.82) is 0 Å². The molecule has 0 spiro atoms. The van der Waals surface area contributed by atoms with Crippen molar-refractivity contribution >= 4 is 40.2 Å². The number of carbonyl (C=O) groups excluding carboxylic acids is 1. The quantitative estimate of drug-likeness (QED) is 0.485. The number of H-pyrrole nitrogens is 1. The van der Waals surface area contributed by atoms with Crippen LogP contribution in [0.4, 0.5) is 11.6 Å². The lowest BCUT2D eigenvalue weighted by Crippen LogP contribution is -2.47. The zero-order valence-electron chi connectivity index (χ0n) is 20.5. The third kappa shape index (κ3) is 5.73. The van der Waals surface area contributed by atoms with Crippen molar-refractivity contribution in [3.63, 3.8) is 0 Å². The highest BCUT2D eigenvalue weighted by molar-refractivity contribution is 6.30. The van der Waals surface area contributed by atoms with Gasteiger partial charge in [-0.15, -0.1) is 0 Å². The number of para-hydroxylation sites is 2. The molecular weight excluding hydrogens is 460 g/mol. The molecule has 2 N–H and O–H groups in total. The second-order valence-electron chi connectivity index (χ2n) is 9.74. The lowest BCUT2D eigenvalue weighted by Gasteiger charge is -2.37. The van der Waals surface area contributed by atoms with Gasteiger partial charge in [-0.25, -0.2) is 4.98 Å². The van der Waals surface area contributed by atoms with Gasteiger partial charge in [0.25, 0.3) is 0 Å². The molecule has 0 saturated carbocycles. The molecule has 1 aromatic heterocycles. The maximum atomic E-state index is 12.7. The van der Waals surface area contributed by atoms with Crippen LogP contribution in [-0.4, -0.2) is 73.1 Å². The largest absolute Gasteiger partial charge is 0.369 e. The zero-order valence-corrected chi connectivity index (χ0v) is 21.2. The number of aromatic amines is 1. The minimum absolute atomic E-state index is 0.0973. The summed E-state index contributed by atoms with van der Waals surface area (Å²) in [6.45, 7) is 9.73. The third-order valence-electron chi connectivity index (χ3n) is 7.38. The van der Waals surface area contributed by atoms with Gasteiger partial charge in [-0.3, -0.25) is 9.69 Å². The van der Waals surface area contributed by atoms with Crippen LogP contribution in [-0.2, 0) is 4.79 Å². The number of hydrogen-bond acceptors (Lipinski definition) is 5. The van der Waals surface area contributed by atoms with E-state index in [-0.39, 0.29) is 11.8 Å². The van der Waals surface area contributed by atoms with Gasteiger partial charge in [0.1, 0.15) is 0 Å². The summed E-state index contributed by atoms with van der Waals surface area (Å²) >= 11 is 6.20. The average Bonchev–Trinajstić information content (AvgIpc) is 3.33. The van der Waals surface area contributed by atoms with E-state index in [1.54, 1.807) is 0 Å². The lowest BCUT2D eigenvalue weighted by molar-refractivity contribution is -0.125. The van der Waals surface area contributed by atoms with Gasteiger partial charge in [0.15, 0.2) is 0 Å². The normalized spacial score (nSPS) is 17.8. The van der Waals surface area contributed by atoms with E-state index in [4.69, 9.17) is 16.6 Å². The number of hydrogen-bond donors (Lipinski definition) is 2. The summed E-state index contributed by atoms with van der Waals surface area (Å²) < 4.78 is 0. The molecule has 2 fully saturated rings. The number of piperidine rings is 1. The Kier molecular flexibility index (Phi) is 7.44. The second-order valence-corrected chi connectivity index (χ2v) is 10.2. The average molecular weight is 495 g/mol. The molecule has 0 unspecified atom stereocenters. The van der Waals surface area contributed by atoms with Gasteiger partial charge in [-0.05, 0) is 62.6 Å². The Labute approximate surface area is 212 Å². The maximum Gasteiger partial charge on any atom is 0.223 e. The van der Waals surface area contributed by atoms with Gasteiger partial charge in [-0.2, -0.15) is 0 Å². The fourth-order valence-electron chi connectivity index (χ4n) is 5.24. The SMILES string of the molecule is Cc1ccc(Cl)cc1N1CCN(CCCNC(=O)C2CCN(c3nc4ccccc4[nH]3)CC2)CC1. The van der Waals surface area contributed by atoms with Crippen LogP contribution in [0, 0.1) is 12.8 Å². The molecule has 3 aromatic rings. The van der Waals surface area contributed by atoms with Crippen LogP contribution in [0.1, 0.15) is 24.8 Å². The van der Waals surface area contributed by atoms with E-state index in [0.717, 1.165) is 93.6 Å². The van der Waals surface area contributed by atoms with Gasteiger partial charge in [-0.1, -0.05) is 29.8 Å². The van der Waals surface area contributed by atoms with Crippen molar-refractivity contribution in [2.24, 2.45) is 5.92 Å². The maximum absolute atomic E-state index is 12.7. The first kappa shape index (κ1) is 23.9. The minimum atomic E-state index is 0.0973. The molecule has 5 rings (SSSR count). The summed E-state index contributed by atoms with van der Waals surface area (Å²) in [7, 11) is 0. The zero-order chi connectivity index (χ0) is 24.2. The Morgan fingerprint density at radius 1 is 1.06 bits per heavy atom. The minimum Gasteiger partial charge on any atom is -0.369 e. The highest BCUT2D eigenvalue weighted by Gasteiger charge is 2.26. The van der Waals surface area contributed by atoms with Gasteiger partial charge in [0, 0.05) is 62.4 Å². The summed E-state index contributed by atoms with van der Waals surface area (Å²) in [6.07, 6.45) is 2.72. The molecule has 0 bridgehead atoms. The molecule has 2 saturated heterocycles. The smallest absolute Gasteiger partial charge is 0.223 e. The molecule has 3 heterocycles. The number of halogens is 1. The summed E-state index contributed by atoms with van der Waals surface area (Å²) in [5, 5.41) is 3.98. The number of fused-ring (bicyclic) bond motifs is 1. The van der Waals surface area contributed by atoms with Crippen molar-refractivity contribution in [1.82, 2.24) is 20.2 Å². The van der Waals surface area contributed by atoms with Crippen molar-refractivity contribution in [2.75, 3.05) is 62.2 Å². The molecule has 1 amide bonds. The Hall–Kier alpha value is -2.77. The Morgan fingerprint density at radius 3 is 2.60 bits per heavy atom. The second kappa shape index (κ2) is 10.9. The number of piperazine rings is 1. The molecule has 2 aliphatic rings. The first-order valence-electron chi connectivity index (χ1n) is 12.8. The van der Waals surface area contributed by atoms with Gasteiger partial charge in [0.05, 0.1) is 11.0 Å². The predicted molar refractivity (Wildman–Crippen MR) is 143 cm³/mol. The molecule has 186 valence electrons. The molecule has 35 heavy (non-hydrogen) atoms. The number of imidazole rings is 1. The van der Waals surface area contributed by atoms with Gasteiger partial charge in [0.2, 0.25) is 11.9 Å². The lowest BCUT2D eigenvalue weighted by atomic mass is 9.96. The van der Waals surface area contributed by atoms with E-state index in [0.29, 0.717) is 0 Å². The van der Waals surface area contributed by atoms with Crippen LogP contribution < -0.4 is 15.1 Å². The summed E-state index contributed by atoms with van der Waals surface area (Å²) in [5.74, 6) is 1.21. The Bertz CT molecular complexity index is 1110. The monoisotopic (exact) mass is 494 g/mol. The van der Waals surface area contributed by atoms with E-state index in [2.05, 4.69) is 44.1 Å². The third-order valence-corrected chi connectivity index (χ3v) is 7.61. The molecule has 7 nitrogen and oxygen atoms in total. The van der Waals surface area contributed by atoms with E-state index in [1.807, 2.05) is 30.3 Å². The molecule has 0 aliphatic carbocycles. The number of nitrogens with zero attached hydrogens (tertiary/aromatic N) is 4. The number of rotatable bonds is 7. The van der Waals surface area contributed by atoms with Gasteiger partial charge < -0.3 is 20.1 Å². The number of carbonyl (C=O) groups is 1. The Balaban J connectivity index is 0.994. The predicted octanol–water partition coefficient (Wildman–Crippen LogP) is 4.07.